The summed E-state index contributed by atoms with van der Waals surface area (Å²) in [4.78, 5) is 24.3. The zero-order valence-electron chi connectivity index (χ0n) is 15.7. The van der Waals surface area contributed by atoms with E-state index in [1.165, 1.54) is 0 Å². The number of amides is 2. The van der Waals surface area contributed by atoms with Crippen molar-refractivity contribution in [3.8, 4) is 5.75 Å². The second-order valence-corrected chi connectivity index (χ2v) is 7.23. The van der Waals surface area contributed by atoms with Crippen molar-refractivity contribution in [3.05, 3.63) is 23.8 Å². The van der Waals surface area contributed by atoms with Crippen LogP contribution in [0.5, 0.6) is 5.75 Å². The van der Waals surface area contributed by atoms with E-state index >= 15 is 0 Å². The number of ether oxygens (including phenoxy) is 3. The van der Waals surface area contributed by atoms with Gasteiger partial charge in [-0.25, -0.2) is 4.79 Å². The van der Waals surface area contributed by atoms with Crippen molar-refractivity contribution in [2.45, 2.75) is 51.9 Å². The average Bonchev–Trinajstić information content (AvgIpc) is 2.51. The first-order valence-corrected chi connectivity index (χ1v) is 8.41. The Morgan fingerprint density at radius 2 is 2.12 bits per heavy atom. The van der Waals surface area contributed by atoms with Crippen molar-refractivity contribution >= 4 is 17.7 Å². The first kappa shape index (κ1) is 20.0. The summed E-state index contributed by atoms with van der Waals surface area (Å²) >= 11 is 0. The predicted molar refractivity (Wildman–Crippen MR) is 94.5 cm³/mol. The molecule has 2 rings (SSSR count). The van der Waals surface area contributed by atoms with Crippen LogP contribution in [0.15, 0.2) is 18.2 Å². The Morgan fingerprint density at radius 3 is 2.73 bits per heavy atom. The molecule has 1 aromatic rings. The molecule has 1 aromatic carbocycles. The van der Waals surface area contributed by atoms with Crippen molar-refractivity contribution in [1.82, 2.24) is 5.32 Å². The molecule has 0 bridgehead atoms. The maximum absolute atomic E-state index is 12.4. The fourth-order valence-electron chi connectivity index (χ4n) is 2.62. The van der Waals surface area contributed by atoms with Gasteiger partial charge >= 0.3 is 6.09 Å². The summed E-state index contributed by atoms with van der Waals surface area (Å²) in [6.07, 6.45) is -0.634. The first-order valence-electron chi connectivity index (χ1n) is 8.41. The Kier molecular flexibility index (Phi) is 6.09. The van der Waals surface area contributed by atoms with Crippen molar-refractivity contribution in [1.29, 1.82) is 0 Å². The molecule has 2 N–H and O–H groups in total. The van der Waals surface area contributed by atoms with E-state index in [9.17, 15) is 14.8 Å². The molecule has 0 aliphatic carbocycles. The summed E-state index contributed by atoms with van der Waals surface area (Å²) in [6.45, 7) is 7.46. The monoisotopic (exact) mass is 366 g/mol. The lowest BCUT2D eigenvalue weighted by Crippen LogP contribution is -2.52. The minimum absolute atomic E-state index is 0.175. The highest BCUT2D eigenvalue weighted by atomic mass is 16.6. The minimum atomic E-state index is -0.901. The van der Waals surface area contributed by atoms with Crippen LogP contribution in [-0.2, 0) is 20.7 Å². The van der Waals surface area contributed by atoms with Crippen LogP contribution in [0.1, 0.15) is 33.3 Å². The van der Waals surface area contributed by atoms with Gasteiger partial charge in [0.2, 0.25) is 0 Å². The Balaban J connectivity index is 2.12. The molecule has 0 radical (unpaired) electrons. The van der Waals surface area contributed by atoms with Gasteiger partial charge in [-0.15, -0.1) is 0 Å². The number of methoxy groups -OCH3 is 1. The van der Waals surface area contributed by atoms with Crippen LogP contribution in [0.4, 0.5) is 10.5 Å². The molecular formula is C18H26N2O6. The van der Waals surface area contributed by atoms with Crippen LogP contribution in [0.3, 0.4) is 0 Å². The first-order chi connectivity index (χ1) is 12.1. The van der Waals surface area contributed by atoms with Crippen LogP contribution < -0.4 is 15.1 Å². The molecule has 0 saturated heterocycles. The van der Waals surface area contributed by atoms with Crippen molar-refractivity contribution in [2.24, 2.45) is 0 Å². The van der Waals surface area contributed by atoms with Gasteiger partial charge in [0.05, 0.1) is 12.3 Å². The van der Waals surface area contributed by atoms with Gasteiger partial charge in [-0.3, -0.25) is 10.0 Å². The van der Waals surface area contributed by atoms with E-state index < -0.39 is 23.6 Å². The number of hydroxylamine groups is 1. The van der Waals surface area contributed by atoms with Crippen LogP contribution in [0.25, 0.3) is 0 Å². The average molecular weight is 366 g/mol. The number of anilines is 1. The largest absolute Gasteiger partial charge is 0.488 e. The third-order valence-corrected chi connectivity index (χ3v) is 3.65. The number of rotatable bonds is 5. The second-order valence-electron chi connectivity index (χ2n) is 7.23. The third-order valence-electron chi connectivity index (χ3n) is 3.65. The van der Waals surface area contributed by atoms with Gasteiger partial charge < -0.3 is 19.5 Å². The SMILES string of the molecule is COC[C@H](C)Oc1ccc2c(c1)N(O)C(=O)[C@@H](NC(=O)OC(C)(C)C)C2. The lowest BCUT2D eigenvalue weighted by molar-refractivity contribution is -0.126. The van der Waals surface area contributed by atoms with Crippen molar-refractivity contribution < 1.29 is 29.0 Å². The molecule has 1 aliphatic heterocycles. The molecule has 26 heavy (non-hydrogen) atoms. The van der Waals surface area contributed by atoms with Crippen LogP contribution >= 0.6 is 0 Å². The maximum atomic E-state index is 12.4. The molecule has 2 amide bonds. The Bertz CT molecular complexity index is 670. The lowest BCUT2D eigenvalue weighted by Gasteiger charge is -2.31. The number of alkyl carbamates (subject to hydrolysis) is 1. The topological polar surface area (TPSA) is 97.3 Å². The lowest BCUT2D eigenvalue weighted by atomic mass is 9.98. The number of nitrogens with zero attached hydrogens (tertiary/aromatic N) is 1. The van der Waals surface area contributed by atoms with Crippen molar-refractivity contribution in [2.75, 3.05) is 18.8 Å². The van der Waals surface area contributed by atoms with E-state index in [1.54, 1.807) is 46.1 Å². The van der Waals surface area contributed by atoms with E-state index in [0.29, 0.717) is 28.7 Å². The highest BCUT2D eigenvalue weighted by Crippen LogP contribution is 2.31. The van der Waals surface area contributed by atoms with Gasteiger partial charge in [0, 0.05) is 19.6 Å². The van der Waals surface area contributed by atoms with Crippen LogP contribution in [0.2, 0.25) is 0 Å². The molecule has 8 heteroatoms. The molecule has 0 aromatic heterocycles. The van der Waals surface area contributed by atoms with Crippen molar-refractivity contribution in [3.63, 3.8) is 0 Å². The summed E-state index contributed by atoms with van der Waals surface area (Å²) in [5.74, 6) is -0.121. The van der Waals surface area contributed by atoms with E-state index in [1.807, 2.05) is 6.92 Å². The number of nitrogens with one attached hydrogen (secondary N) is 1. The number of fused-ring (bicyclic) bond motifs is 1. The van der Waals surface area contributed by atoms with E-state index in [4.69, 9.17) is 14.2 Å². The minimum Gasteiger partial charge on any atom is -0.488 e. The summed E-state index contributed by atoms with van der Waals surface area (Å²) in [7, 11) is 1.58. The summed E-state index contributed by atoms with van der Waals surface area (Å²) < 4.78 is 15.9. The zero-order chi connectivity index (χ0) is 19.5. The Labute approximate surface area is 153 Å². The predicted octanol–water partition coefficient (Wildman–Crippen LogP) is 2.27. The Hall–Kier alpha value is -2.32. The molecule has 8 nitrogen and oxygen atoms in total. The molecule has 1 aliphatic rings. The summed E-state index contributed by atoms with van der Waals surface area (Å²) in [5, 5.41) is 13.3. The summed E-state index contributed by atoms with van der Waals surface area (Å²) in [5.41, 5.74) is 0.364. The molecular weight excluding hydrogens is 340 g/mol. The number of carbonyl (C=O) groups is 2. The normalized spacial score (nSPS) is 18.2. The fourth-order valence-corrected chi connectivity index (χ4v) is 2.62. The quantitative estimate of drug-likeness (QED) is 0.776. The molecule has 1 heterocycles. The highest BCUT2D eigenvalue weighted by Gasteiger charge is 2.34. The molecule has 0 saturated carbocycles. The van der Waals surface area contributed by atoms with Gasteiger partial charge in [0.15, 0.2) is 0 Å². The van der Waals surface area contributed by atoms with Gasteiger partial charge in [-0.2, -0.15) is 5.06 Å². The molecule has 0 unspecified atom stereocenters. The summed E-state index contributed by atoms with van der Waals surface area (Å²) in [6, 6.07) is 4.19. The highest BCUT2D eigenvalue weighted by molar-refractivity contribution is 5.99. The van der Waals surface area contributed by atoms with Crippen LogP contribution in [-0.4, -0.2) is 48.7 Å². The van der Waals surface area contributed by atoms with Gasteiger partial charge in [0.25, 0.3) is 5.91 Å². The van der Waals surface area contributed by atoms with E-state index in [2.05, 4.69) is 5.32 Å². The molecule has 0 spiro atoms. The number of carbonyl (C=O) groups excluding carboxylic acids is 2. The molecule has 0 fully saturated rings. The fraction of sp³-hybridized carbons (Fsp3) is 0.556. The number of benzene rings is 1. The number of hydrogen-bond donors (Lipinski definition) is 2. The van der Waals surface area contributed by atoms with Gasteiger partial charge in [0.1, 0.15) is 23.5 Å². The molecule has 144 valence electrons. The van der Waals surface area contributed by atoms with Gasteiger partial charge in [-0.1, -0.05) is 6.07 Å². The third kappa shape index (κ3) is 5.09. The van der Waals surface area contributed by atoms with Gasteiger partial charge in [-0.05, 0) is 39.3 Å². The van der Waals surface area contributed by atoms with E-state index in [0.717, 1.165) is 0 Å². The zero-order valence-corrected chi connectivity index (χ0v) is 15.7. The van der Waals surface area contributed by atoms with Crippen LogP contribution in [0, 0.1) is 0 Å². The maximum Gasteiger partial charge on any atom is 0.408 e. The standard InChI is InChI=1S/C18H26N2O6/c1-11(10-24-5)25-13-7-6-12-8-14(16(21)20(23)15(12)9-13)19-17(22)26-18(2,3)4/h6-7,9,11,14,23H,8,10H2,1-5H3,(H,19,22)/t11-,14-/m0/s1. The smallest absolute Gasteiger partial charge is 0.408 e. The van der Waals surface area contributed by atoms with E-state index in [-0.39, 0.29) is 12.5 Å². The molecule has 2 atom stereocenters. The second kappa shape index (κ2) is 7.92. The number of hydrogen-bond acceptors (Lipinski definition) is 6. The Morgan fingerprint density at radius 1 is 1.42 bits per heavy atom.